The lowest BCUT2D eigenvalue weighted by molar-refractivity contribution is 0.187. The van der Waals surface area contributed by atoms with E-state index in [1.165, 1.54) is 6.08 Å². The molecule has 0 saturated heterocycles. The van der Waals surface area contributed by atoms with E-state index in [0.29, 0.717) is 0 Å². The summed E-state index contributed by atoms with van der Waals surface area (Å²) in [5.41, 5.74) is 0.761. The fourth-order valence-electron chi connectivity index (χ4n) is 0.904. The summed E-state index contributed by atoms with van der Waals surface area (Å²) in [5, 5.41) is 9.38. The third-order valence-electron chi connectivity index (χ3n) is 1.51. The number of carbonyl (C=O) groups excluding carboxylic acids is 1. The number of benzene rings is 1. The van der Waals surface area contributed by atoms with Crippen molar-refractivity contribution in [2.45, 2.75) is 6.10 Å². The van der Waals surface area contributed by atoms with Crippen molar-refractivity contribution in [1.82, 2.24) is 0 Å². The van der Waals surface area contributed by atoms with E-state index in [0.717, 1.165) is 5.56 Å². The van der Waals surface area contributed by atoms with Crippen molar-refractivity contribution in [3.05, 3.63) is 35.9 Å². The Morgan fingerprint density at radius 1 is 1.42 bits per heavy atom. The summed E-state index contributed by atoms with van der Waals surface area (Å²) < 4.78 is 0. The number of hydrogen-bond donors (Lipinski definition) is 1. The zero-order chi connectivity index (χ0) is 8.81. The highest BCUT2D eigenvalue weighted by Gasteiger charge is 2.03. The second-order valence-corrected chi connectivity index (χ2v) is 2.36. The van der Waals surface area contributed by atoms with Gasteiger partial charge in [-0.05, 0) is 5.56 Å². The topological polar surface area (TPSA) is 49.7 Å². The predicted octanol–water partition coefficient (Wildman–Crippen LogP) is 1.06. The van der Waals surface area contributed by atoms with Crippen molar-refractivity contribution in [2.75, 3.05) is 6.54 Å². The van der Waals surface area contributed by atoms with Crippen LogP contribution in [0.2, 0.25) is 0 Å². The van der Waals surface area contributed by atoms with E-state index in [-0.39, 0.29) is 6.54 Å². The Labute approximate surface area is 70.4 Å². The van der Waals surface area contributed by atoms with Gasteiger partial charge in [0.25, 0.3) is 0 Å². The standard InChI is InChI=1S/C9H9NO2/c11-7-10-6-9(12)8-4-2-1-3-5-8/h1-5,9,12H,6H2. The maximum Gasteiger partial charge on any atom is 0.235 e. The first-order valence-corrected chi connectivity index (χ1v) is 3.61. The van der Waals surface area contributed by atoms with Crippen molar-refractivity contribution in [1.29, 1.82) is 0 Å². The fraction of sp³-hybridized carbons (Fsp3) is 0.222. The SMILES string of the molecule is O=C=NCC(O)c1ccccc1. The largest absolute Gasteiger partial charge is 0.386 e. The van der Waals surface area contributed by atoms with Gasteiger partial charge in [0.1, 0.15) is 0 Å². The normalized spacial score (nSPS) is 11.8. The van der Waals surface area contributed by atoms with Gasteiger partial charge in [0, 0.05) is 0 Å². The Morgan fingerprint density at radius 3 is 2.67 bits per heavy atom. The molecule has 1 aromatic carbocycles. The summed E-state index contributed by atoms with van der Waals surface area (Å²) in [6.07, 6.45) is 0.682. The Kier molecular flexibility index (Phi) is 3.20. The molecule has 0 bridgehead atoms. The van der Waals surface area contributed by atoms with Gasteiger partial charge in [-0.3, -0.25) is 0 Å². The quantitative estimate of drug-likeness (QED) is 0.535. The Bertz CT molecular complexity index is 278. The molecule has 0 aliphatic carbocycles. The van der Waals surface area contributed by atoms with Crippen LogP contribution in [0.4, 0.5) is 0 Å². The van der Waals surface area contributed by atoms with Crippen LogP contribution in [0, 0.1) is 0 Å². The number of aliphatic hydroxyl groups excluding tert-OH is 1. The highest BCUT2D eigenvalue weighted by atomic mass is 16.3. The first kappa shape index (κ1) is 8.65. The molecule has 12 heavy (non-hydrogen) atoms. The molecule has 0 aromatic heterocycles. The molecular weight excluding hydrogens is 154 g/mol. The van der Waals surface area contributed by atoms with Crippen LogP contribution in [-0.4, -0.2) is 17.7 Å². The molecule has 0 fully saturated rings. The molecule has 1 rings (SSSR count). The molecule has 0 spiro atoms. The predicted molar refractivity (Wildman–Crippen MR) is 44.4 cm³/mol. The van der Waals surface area contributed by atoms with Gasteiger partial charge in [-0.1, -0.05) is 30.3 Å². The van der Waals surface area contributed by atoms with Gasteiger partial charge in [-0.25, -0.2) is 9.79 Å². The molecule has 3 heteroatoms. The van der Waals surface area contributed by atoms with Gasteiger partial charge in [0.05, 0.1) is 12.6 Å². The molecule has 0 heterocycles. The number of nitrogens with zero attached hydrogens (tertiary/aromatic N) is 1. The van der Waals surface area contributed by atoms with E-state index in [2.05, 4.69) is 4.99 Å². The maximum atomic E-state index is 9.74. The molecule has 0 aliphatic rings. The molecule has 1 N–H and O–H groups in total. The van der Waals surface area contributed by atoms with Crippen LogP contribution < -0.4 is 0 Å². The van der Waals surface area contributed by atoms with Gasteiger partial charge in [0.15, 0.2) is 0 Å². The summed E-state index contributed by atoms with van der Waals surface area (Å²) >= 11 is 0. The third kappa shape index (κ3) is 2.31. The molecule has 1 unspecified atom stereocenters. The van der Waals surface area contributed by atoms with Crippen LogP contribution in [0.1, 0.15) is 11.7 Å². The minimum absolute atomic E-state index is 0.0769. The molecule has 3 nitrogen and oxygen atoms in total. The second kappa shape index (κ2) is 4.44. The number of rotatable bonds is 3. The van der Waals surface area contributed by atoms with E-state index in [9.17, 15) is 9.90 Å². The zero-order valence-electron chi connectivity index (χ0n) is 6.47. The molecule has 1 aromatic rings. The van der Waals surface area contributed by atoms with E-state index >= 15 is 0 Å². The summed E-state index contributed by atoms with van der Waals surface area (Å²) in [4.78, 5) is 13.0. The Balaban J connectivity index is 2.65. The summed E-state index contributed by atoms with van der Waals surface area (Å²) in [6.45, 7) is 0.0769. The molecular formula is C9H9NO2. The minimum Gasteiger partial charge on any atom is -0.386 e. The minimum atomic E-state index is -0.701. The van der Waals surface area contributed by atoms with Crippen molar-refractivity contribution in [3.63, 3.8) is 0 Å². The van der Waals surface area contributed by atoms with Crippen LogP contribution in [0.15, 0.2) is 35.3 Å². The second-order valence-electron chi connectivity index (χ2n) is 2.36. The fourth-order valence-corrected chi connectivity index (χ4v) is 0.904. The highest BCUT2D eigenvalue weighted by molar-refractivity contribution is 5.33. The highest BCUT2D eigenvalue weighted by Crippen LogP contribution is 2.11. The maximum absolute atomic E-state index is 9.74. The Hall–Kier alpha value is -1.44. The number of isocyanates is 1. The summed E-state index contributed by atoms with van der Waals surface area (Å²) in [7, 11) is 0. The average molecular weight is 163 g/mol. The van der Waals surface area contributed by atoms with Gasteiger partial charge in [-0.15, -0.1) is 0 Å². The first-order chi connectivity index (χ1) is 5.84. The van der Waals surface area contributed by atoms with Gasteiger partial charge < -0.3 is 5.11 Å². The lowest BCUT2D eigenvalue weighted by atomic mass is 10.1. The van der Waals surface area contributed by atoms with E-state index in [1.807, 2.05) is 18.2 Å². The van der Waals surface area contributed by atoms with Crippen LogP contribution >= 0.6 is 0 Å². The van der Waals surface area contributed by atoms with Gasteiger partial charge in [0.2, 0.25) is 6.08 Å². The van der Waals surface area contributed by atoms with Crippen molar-refractivity contribution < 1.29 is 9.90 Å². The van der Waals surface area contributed by atoms with Gasteiger partial charge in [-0.2, -0.15) is 0 Å². The van der Waals surface area contributed by atoms with E-state index in [1.54, 1.807) is 12.1 Å². The van der Waals surface area contributed by atoms with Gasteiger partial charge >= 0.3 is 0 Å². The summed E-state index contributed by atoms with van der Waals surface area (Å²) in [6, 6.07) is 9.07. The van der Waals surface area contributed by atoms with Crippen LogP contribution in [-0.2, 0) is 4.79 Å². The number of aliphatic hydroxyl groups is 1. The van der Waals surface area contributed by atoms with E-state index < -0.39 is 6.10 Å². The smallest absolute Gasteiger partial charge is 0.235 e. The lowest BCUT2D eigenvalue weighted by Gasteiger charge is -2.05. The number of aliphatic imine (C=N–C) groups is 1. The lowest BCUT2D eigenvalue weighted by Crippen LogP contribution is -2.00. The summed E-state index contributed by atoms with van der Waals surface area (Å²) in [5.74, 6) is 0. The number of hydrogen-bond acceptors (Lipinski definition) is 3. The molecule has 0 saturated carbocycles. The van der Waals surface area contributed by atoms with E-state index in [4.69, 9.17) is 0 Å². The zero-order valence-corrected chi connectivity index (χ0v) is 6.47. The van der Waals surface area contributed by atoms with Crippen LogP contribution in [0.25, 0.3) is 0 Å². The third-order valence-corrected chi connectivity index (χ3v) is 1.51. The molecule has 0 aliphatic heterocycles. The first-order valence-electron chi connectivity index (χ1n) is 3.61. The van der Waals surface area contributed by atoms with Crippen LogP contribution in [0.3, 0.4) is 0 Å². The van der Waals surface area contributed by atoms with Crippen molar-refractivity contribution >= 4 is 6.08 Å². The molecule has 0 amide bonds. The average Bonchev–Trinajstić information content (AvgIpc) is 2.15. The molecule has 62 valence electrons. The molecule has 1 atom stereocenters. The molecule has 0 radical (unpaired) electrons. The van der Waals surface area contributed by atoms with Crippen molar-refractivity contribution in [2.24, 2.45) is 4.99 Å². The van der Waals surface area contributed by atoms with Crippen molar-refractivity contribution in [3.8, 4) is 0 Å². The Morgan fingerprint density at radius 2 is 2.08 bits per heavy atom. The monoisotopic (exact) mass is 163 g/mol. The van der Waals surface area contributed by atoms with Crippen LogP contribution in [0.5, 0.6) is 0 Å².